The zero-order valence-electron chi connectivity index (χ0n) is 33.6. The Bertz CT molecular complexity index is 2670. The number of Topliss-reactive ketones (excluding diaryl/α,β-unsaturated/α-hetero) is 1. The Kier molecular flexibility index (Phi) is 15.1. The highest BCUT2D eigenvalue weighted by Crippen LogP contribution is 2.30. The van der Waals surface area contributed by atoms with Crippen LogP contribution in [-0.2, 0) is 17.8 Å². The summed E-state index contributed by atoms with van der Waals surface area (Å²) in [7, 11) is 1.51. The van der Waals surface area contributed by atoms with Crippen molar-refractivity contribution in [2.45, 2.75) is 53.3 Å². The van der Waals surface area contributed by atoms with E-state index >= 15 is 0 Å². The molecule has 7 aromatic rings. The minimum Gasteiger partial charge on any atom is -0.497 e. The first-order valence-corrected chi connectivity index (χ1v) is 20.5. The zero-order chi connectivity index (χ0) is 43.7. The third kappa shape index (κ3) is 12.1. The first kappa shape index (κ1) is 45.3. The van der Waals surface area contributed by atoms with Crippen molar-refractivity contribution in [3.8, 4) is 11.5 Å². The van der Waals surface area contributed by atoms with Gasteiger partial charge in [-0.05, 0) is 91.1 Å². The van der Waals surface area contributed by atoms with Gasteiger partial charge >= 0.3 is 13.2 Å². The number of methoxy groups -OCH3 is 2. The third-order valence-electron chi connectivity index (χ3n) is 8.13. The van der Waals surface area contributed by atoms with Crippen LogP contribution in [0.3, 0.4) is 0 Å². The van der Waals surface area contributed by atoms with Gasteiger partial charge in [0, 0.05) is 24.8 Å². The van der Waals surface area contributed by atoms with Crippen molar-refractivity contribution < 1.29 is 38.6 Å². The van der Waals surface area contributed by atoms with Gasteiger partial charge in [0.2, 0.25) is 5.43 Å². The Balaban J connectivity index is 0.000000200. The largest absolute Gasteiger partial charge is 0.497 e. The summed E-state index contributed by atoms with van der Waals surface area (Å²) in [5.74, 6) is 1.23. The van der Waals surface area contributed by atoms with Gasteiger partial charge < -0.3 is 24.3 Å². The highest BCUT2D eigenvalue weighted by Gasteiger charge is 2.23. The van der Waals surface area contributed by atoms with E-state index in [9.17, 15) is 29.2 Å². The lowest BCUT2D eigenvalue weighted by atomic mass is 9.80. The van der Waals surface area contributed by atoms with Gasteiger partial charge in [-0.15, -0.1) is 11.3 Å². The number of aromatic nitrogens is 6. The molecule has 0 radical (unpaired) electrons. The van der Waals surface area contributed by atoms with E-state index in [0.717, 1.165) is 38.6 Å². The van der Waals surface area contributed by atoms with E-state index < -0.39 is 18.8 Å². The maximum Gasteiger partial charge on any atom is 0.492 e. The predicted octanol–water partition coefficient (Wildman–Crippen LogP) is 6.26. The Morgan fingerprint density at radius 1 is 0.867 bits per heavy atom. The number of ketones is 1. The molecule has 0 atom stereocenters. The topological polar surface area (TPSA) is 210 Å². The molecule has 16 nitrogen and oxygen atoms in total. The van der Waals surface area contributed by atoms with Gasteiger partial charge in [0.15, 0.2) is 17.2 Å². The number of aldehydes is 1. The SMILES string of the molecule is COc1ccc(Cn2cc(B(O)O)c(C(C)=O)n2)cc1.COc1ccc(Cn2cc3c(n2)c(=O)ccc2sc(NC(=O)OC(C)(C)C)nc23)cc1.Cc1nc(Br)c(C=O)s1. The third-order valence-corrected chi connectivity index (χ3v) is 10.8. The van der Waals surface area contributed by atoms with Crippen molar-refractivity contribution in [2.75, 3.05) is 19.5 Å². The second-order valence-corrected chi connectivity index (χ2v) is 16.9. The number of fused-ring (bicyclic) bond motifs is 3. The van der Waals surface area contributed by atoms with Crippen molar-refractivity contribution >= 4 is 95.6 Å². The maximum absolute atomic E-state index is 12.5. The lowest BCUT2D eigenvalue weighted by Crippen LogP contribution is -2.32. The summed E-state index contributed by atoms with van der Waals surface area (Å²) in [6.45, 7) is 9.51. The molecule has 3 aromatic carbocycles. The molecular formula is C40H41BBrN7O9S2. The van der Waals surface area contributed by atoms with Gasteiger partial charge in [0.25, 0.3) is 0 Å². The molecule has 0 aliphatic carbocycles. The number of nitrogens with one attached hydrogen (secondary N) is 1. The molecule has 0 spiro atoms. The fourth-order valence-electron chi connectivity index (χ4n) is 5.48. The van der Waals surface area contributed by atoms with Gasteiger partial charge in [-0.25, -0.2) is 14.8 Å². The number of rotatable bonds is 10. The van der Waals surface area contributed by atoms with E-state index in [1.165, 1.54) is 46.5 Å². The number of hydrogen-bond donors (Lipinski definition) is 3. The minimum absolute atomic E-state index is 0.0773. The molecule has 7 rings (SSSR count). The molecule has 4 heterocycles. The lowest BCUT2D eigenvalue weighted by Gasteiger charge is -2.18. The Morgan fingerprint density at radius 2 is 1.45 bits per heavy atom. The second kappa shape index (κ2) is 20.0. The summed E-state index contributed by atoms with van der Waals surface area (Å²) in [4.78, 5) is 55.4. The molecule has 0 bridgehead atoms. The van der Waals surface area contributed by atoms with Gasteiger partial charge in [0.1, 0.15) is 37.8 Å². The molecule has 60 heavy (non-hydrogen) atoms. The van der Waals surface area contributed by atoms with E-state index in [0.29, 0.717) is 44.1 Å². The van der Waals surface area contributed by atoms with Crippen LogP contribution in [0.1, 0.15) is 64.0 Å². The number of amides is 1. The van der Waals surface area contributed by atoms with Crippen LogP contribution in [0.25, 0.3) is 21.1 Å². The fourth-order valence-corrected chi connectivity index (χ4v) is 7.70. The van der Waals surface area contributed by atoms with Gasteiger partial charge in [-0.3, -0.25) is 29.1 Å². The molecular weight excluding hydrogens is 877 g/mol. The highest BCUT2D eigenvalue weighted by molar-refractivity contribution is 9.10. The molecule has 3 N–H and O–H groups in total. The first-order chi connectivity index (χ1) is 28.5. The van der Waals surface area contributed by atoms with Crippen LogP contribution >= 0.6 is 38.6 Å². The molecule has 0 saturated heterocycles. The zero-order valence-corrected chi connectivity index (χ0v) is 36.8. The molecule has 0 aliphatic heterocycles. The molecule has 0 unspecified atom stereocenters. The lowest BCUT2D eigenvalue weighted by molar-refractivity contribution is 0.0635. The Hall–Kier alpha value is -5.80. The Morgan fingerprint density at radius 3 is 1.90 bits per heavy atom. The van der Waals surface area contributed by atoms with Crippen molar-refractivity contribution in [2.24, 2.45) is 0 Å². The van der Waals surface area contributed by atoms with Crippen LogP contribution in [0.4, 0.5) is 9.93 Å². The first-order valence-electron chi connectivity index (χ1n) is 18.1. The van der Waals surface area contributed by atoms with Crippen molar-refractivity contribution in [3.05, 3.63) is 115 Å². The summed E-state index contributed by atoms with van der Waals surface area (Å²) < 4.78 is 20.2. The van der Waals surface area contributed by atoms with E-state index in [4.69, 9.17) is 14.2 Å². The predicted molar refractivity (Wildman–Crippen MR) is 235 cm³/mol. The second-order valence-electron chi connectivity index (χ2n) is 13.9. The van der Waals surface area contributed by atoms with Crippen molar-refractivity contribution in [1.82, 2.24) is 29.5 Å². The van der Waals surface area contributed by atoms with Gasteiger partial charge in [-0.1, -0.05) is 35.6 Å². The summed E-state index contributed by atoms with van der Waals surface area (Å²) >= 11 is 5.81. The number of hydrogen-bond acceptors (Lipinski definition) is 15. The van der Waals surface area contributed by atoms with Gasteiger partial charge in [0.05, 0.1) is 47.9 Å². The van der Waals surface area contributed by atoms with Crippen molar-refractivity contribution in [3.63, 3.8) is 0 Å². The molecule has 4 aromatic heterocycles. The summed E-state index contributed by atoms with van der Waals surface area (Å²) in [6, 6.07) is 18.2. The van der Waals surface area contributed by atoms with Crippen LogP contribution in [0.5, 0.6) is 11.5 Å². The van der Waals surface area contributed by atoms with E-state index in [-0.39, 0.29) is 22.4 Å². The minimum atomic E-state index is -1.71. The average Bonchev–Trinajstić information content (AvgIpc) is 3.98. The van der Waals surface area contributed by atoms with E-state index in [1.807, 2.05) is 55.5 Å². The number of carbonyl (C=O) groups excluding carboxylic acids is 3. The normalized spacial score (nSPS) is 10.9. The van der Waals surface area contributed by atoms with E-state index in [2.05, 4.69) is 41.4 Å². The monoisotopic (exact) mass is 917 g/mol. The number of benzene rings is 2. The maximum atomic E-state index is 12.5. The summed E-state index contributed by atoms with van der Waals surface area (Å²) in [5.41, 5.74) is 2.32. The number of thiazole rings is 2. The average molecular weight is 919 g/mol. The highest BCUT2D eigenvalue weighted by atomic mass is 79.9. The summed E-state index contributed by atoms with van der Waals surface area (Å²) in [6.07, 6.45) is 3.49. The molecule has 0 aliphatic rings. The molecule has 0 saturated carbocycles. The van der Waals surface area contributed by atoms with Crippen LogP contribution in [0.15, 0.2) is 82.5 Å². The Labute approximate surface area is 361 Å². The summed E-state index contributed by atoms with van der Waals surface area (Å²) in [5, 5.41) is 31.6. The molecule has 1 amide bonds. The number of ether oxygens (including phenoxy) is 3. The van der Waals surface area contributed by atoms with Crippen LogP contribution in [-0.4, -0.2) is 84.7 Å². The quantitative estimate of drug-likeness (QED) is 0.0787. The van der Waals surface area contributed by atoms with Crippen LogP contribution < -0.4 is 25.7 Å². The van der Waals surface area contributed by atoms with Gasteiger partial charge in [-0.2, -0.15) is 10.2 Å². The number of aryl methyl sites for hydroxylation is 1. The number of anilines is 1. The van der Waals surface area contributed by atoms with Crippen LogP contribution in [0.2, 0.25) is 0 Å². The molecule has 0 fully saturated rings. The number of halogens is 1. The molecule has 312 valence electrons. The number of nitrogens with zero attached hydrogens (tertiary/aromatic N) is 6. The van der Waals surface area contributed by atoms with Crippen molar-refractivity contribution in [1.29, 1.82) is 0 Å². The van der Waals surface area contributed by atoms with Crippen LogP contribution in [0, 0.1) is 6.92 Å². The fraction of sp³-hybridized carbons (Fsp3) is 0.250. The smallest absolute Gasteiger partial charge is 0.492 e. The number of carbonyl (C=O) groups is 3. The standard InChI is InChI=1S/C22H22N4O4S.C13H15BN2O4.C5H4BrNOS/c1-22(2,3)30-21(28)24-20-23-19-15-12-26(11-13-5-7-14(29-4)8-6-13)25-18(15)16(27)9-10-17(19)31-20;1-9(17)13-12(14(18)19)8-16(15-13)7-10-3-5-11(20-2)6-4-10;1-3-7-5(6)4(2-8)9-3/h5-10,12H,11H2,1-4H3,(H,23,24,28);3-6,8,18-19H,7H2,1-2H3;2H,1H3. The molecule has 20 heteroatoms. The van der Waals surface area contributed by atoms with E-state index in [1.54, 1.807) is 51.9 Å².